The van der Waals surface area contributed by atoms with E-state index in [0.717, 1.165) is 18.8 Å². The molecule has 146 valence electrons. The molecule has 0 radical (unpaired) electrons. The first kappa shape index (κ1) is 20.5. The second-order valence-corrected chi connectivity index (χ2v) is 8.00. The average Bonchev–Trinajstić information content (AvgIpc) is 2.96. The fraction of sp³-hybridized carbons (Fsp3) is 0.643. The van der Waals surface area contributed by atoms with Crippen LogP contribution in [-0.4, -0.2) is 59.8 Å². The molecule has 1 aromatic heterocycles. The van der Waals surface area contributed by atoms with Gasteiger partial charge < -0.3 is 23.6 Å². The first-order valence-corrected chi connectivity index (χ1v) is 9.43. The van der Waals surface area contributed by atoms with Crippen molar-refractivity contribution in [3.8, 4) is 0 Å². The van der Waals surface area contributed by atoms with Crippen molar-refractivity contribution < 1.29 is 33.0 Å². The van der Waals surface area contributed by atoms with Crippen LogP contribution in [0.2, 0.25) is 0 Å². The van der Waals surface area contributed by atoms with Crippen LogP contribution in [0.15, 0.2) is 15.8 Å². The summed E-state index contributed by atoms with van der Waals surface area (Å²) in [5, 5.41) is 10.1. The molecule has 1 aromatic rings. The lowest BCUT2D eigenvalue weighted by Crippen LogP contribution is -2.33. The molecule has 0 amide bonds. The molecule has 0 saturated carbocycles. The molecule has 26 heavy (non-hydrogen) atoms. The molecule has 0 unspecified atom stereocenters. The van der Waals surface area contributed by atoms with E-state index >= 15 is 0 Å². The van der Waals surface area contributed by atoms with Crippen LogP contribution < -0.4 is 11.2 Å². The van der Waals surface area contributed by atoms with Gasteiger partial charge in [-0.2, -0.15) is 0 Å². The Kier molecular flexibility index (Phi) is 6.53. The zero-order chi connectivity index (χ0) is 19.5. The van der Waals surface area contributed by atoms with E-state index in [1.54, 1.807) is 0 Å². The van der Waals surface area contributed by atoms with E-state index in [4.69, 9.17) is 9.47 Å². The highest BCUT2D eigenvalue weighted by Gasteiger charge is 2.37. The number of aryl methyl sites for hydroxylation is 1. The zero-order valence-electron chi connectivity index (χ0n) is 14.5. The number of hydrogen-bond donors (Lipinski definition) is 2. The zero-order valence-corrected chi connectivity index (χ0v) is 15.4. The molecule has 1 fully saturated rings. The standard InChI is InChI=1S/C14H21N2O9P/c1-8-5-16(14(20)15-13(8)19)11-4-9(17)10(25-11)6-24-12(18)7-26(21,22-2)23-3/h5,9-11,17H,4,6-7H2,1-3H3,(H,15,19,20)/t9-,10+,11+/m0/s1. The molecule has 3 atom stereocenters. The van der Waals surface area contributed by atoms with Gasteiger partial charge in [0.25, 0.3) is 5.56 Å². The summed E-state index contributed by atoms with van der Waals surface area (Å²) in [5.74, 6) is -0.840. The number of rotatable bonds is 7. The van der Waals surface area contributed by atoms with Gasteiger partial charge in [0.05, 0.1) is 6.10 Å². The van der Waals surface area contributed by atoms with Crippen LogP contribution in [0, 0.1) is 6.92 Å². The monoisotopic (exact) mass is 392 g/mol. The van der Waals surface area contributed by atoms with Gasteiger partial charge in [0.1, 0.15) is 25.1 Å². The number of nitrogens with zero attached hydrogens (tertiary/aromatic N) is 1. The summed E-state index contributed by atoms with van der Waals surface area (Å²) in [6.45, 7) is 1.23. The second-order valence-electron chi connectivity index (χ2n) is 5.73. The second kappa shape index (κ2) is 8.28. The summed E-state index contributed by atoms with van der Waals surface area (Å²) >= 11 is 0. The maximum atomic E-state index is 11.9. The van der Waals surface area contributed by atoms with E-state index in [1.165, 1.54) is 13.1 Å². The normalized spacial score (nSPS) is 23.2. The van der Waals surface area contributed by atoms with Gasteiger partial charge in [-0.1, -0.05) is 0 Å². The Labute approximate surface area is 148 Å². The minimum absolute atomic E-state index is 0.0717. The number of esters is 1. The molecule has 0 aliphatic carbocycles. The number of hydrogen-bond acceptors (Lipinski definition) is 9. The summed E-state index contributed by atoms with van der Waals surface area (Å²) < 4.78 is 32.8. The average molecular weight is 392 g/mol. The van der Waals surface area contributed by atoms with Crippen molar-refractivity contribution in [2.75, 3.05) is 27.0 Å². The number of aliphatic hydroxyl groups is 1. The van der Waals surface area contributed by atoms with Crippen LogP contribution in [0.5, 0.6) is 0 Å². The Balaban J connectivity index is 1.98. The van der Waals surface area contributed by atoms with Crippen molar-refractivity contribution in [3.05, 3.63) is 32.6 Å². The molecule has 1 aliphatic heterocycles. The number of H-pyrrole nitrogens is 1. The van der Waals surface area contributed by atoms with E-state index < -0.39 is 49.4 Å². The van der Waals surface area contributed by atoms with Crippen LogP contribution in [-0.2, 0) is 27.9 Å². The number of aromatic nitrogens is 2. The van der Waals surface area contributed by atoms with Gasteiger partial charge in [-0.05, 0) is 6.92 Å². The molecule has 0 spiro atoms. The number of carbonyl (C=O) groups is 1. The van der Waals surface area contributed by atoms with Crippen LogP contribution >= 0.6 is 7.60 Å². The lowest BCUT2D eigenvalue weighted by Gasteiger charge is -2.17. The molecule has 12 heteroatoms. The molecule has 2 rings (SSSR count). The summed E-state index contributed by atoms with van der Waals surface area (Å²) in [6.07, 6.45) is -1.87. The highest BCUT2D eigenvalue weighted by Crippen LogP contribution is 2.46. The Morgan fingerprint density at radius 3 is 2.69 bits per heavy atom. The molecule has 2 N–H and O–H groups in total. The van der Waals surface area contributed by atoms with Gasteiger partial charge in [-0.15, -0.1) is 0 Å². The maximum Gasteiger partial charge on any atom is 0.341 e. The SMILES string of the molecule is COP(=O)(CC(=O)OC[C@H]1O[C@@H](n2cc(C)c(=O)[nH]c2=O)C[C@@H]1O)OC. The fourth-order valence-corrected chi connectivity index (χ4v) is 3.23. The van der Waals surface area contributed by atoms with Crippen molar-refractivity contribution in [2.24, 2.45) is 0 Å². The first-order chi connectivity index (χ1) is 12.2. The summed E-state index contributed by atoms with van der Waals surface area (Å²) in [6, 6.07) is 0. The first-order valence-electron chi connectivity index (χ1n) is 7.71. The molecular weight excluding hydrogens is 371 g/mol. The van der Waals surface area contributed by atoms with E-state index in [9.17, 15) is 24.1 Å². The summed E-state index contributed by atoms with van der Waals surface area (Å²) in [7, 11) is -1.25. The largest absolute Gasteiger partial charge is 0.462 e. The lowest BCUT2D eigenvalue weighted by molar-refractivity contribution is -0.147. The molecule has 0 bridgehead atoms. The highest BCUT2D eigenvalue weighted by atomic mass is 31.2. The van der Waals surface area contributed by atoms with Crippen molar-refractivity contribution >= 4 is 13.6 Å². The third kappa shape index (κ3) is 4.68. The van der Waals surface area contributed by atoms with Crippen LogP contribution in [0.1, 0.15) is 18.2 Å². The lowest BCUT2D eigenvalue weighted by atomic mass is 10.2. The van der Waals surface area contributed by atoms with E-state index in [2.05, 4.69) is 14.0 Å². The van der Waals surface area contributed by atoms with Crippen molar-refractivity contribution in [1.82, 2.24) is 9.55 Å². The number of aromatic amines is 1. The molecule has 0 aromatic carbocycles. The topological polar surface area (TPSA) is 146 Å². The summed E-state index contributed by atoms with van der Waals surface area (Å²) in [4.78, 5) is 37.2. The van der Waals surface area contributed by atoms with Gasteiger partial charge in [-0.3, -0.25) is 23.7 Å². The Bertz CT molecular complexity index is 809. The third-order valence-corrected chi connectivity index (χ3v) is 5.71. The quantitative estimate of drug-likeness (QED) is 0.464. The van der Waals surface area contributed by atoms with Crippen LogP contribution in [0.3, 0.4) is 0 Å². The number of ether oxygens (including phenoxy) is 2. The Morgan fingerprint density at radius 1 is 1.42 bits per heavy atom. The smallest absolute Gasteiger partial charge is 0.341 e. The maximum absolute atomic E-state index is 11.9. The molecule has 1 aliphatic rings. The van der Waals surface area contributed by atoms with E-state index in [1.807, 2.05) is 0 Å². The van der Waals surface area contributed by atoms with E-state index in [0.29, 0.717) is 5.56 Å². The van der Waals surface area contributed by atoms with Gasteiger partial charge >= 0.3 is 19.3 Å². The number of carbonyl (C=O) groups excluding carboxylic acids is 1. The highest BCUT2D eigenvalue weighted by molar-refractivity contribution is 7.54. The molecular formula is C14H21N2O9P. The van der Waals surface area contributed by atoms with Crippen LogP contribution in [0.4, 0.5) is 0 Å². The van der Waals surface area contributed by atoms with E-state index in [-0.39, 0.29) is 13.0 Å². The Hall–Kier alpha value is -1.78. The minimum atomic E-state index is -3.55. The van der Waals surface area contributed by atoms with Gasteiger partial charge in [0, 0.05) is 32.4 Å². The van der Waals surface area contributed by atoms with Gasteiger partial charge in [0.15, 0.2) is 0 Å². The minimum Gasteiger partial charge on any atom is -0.462 e. The predicted octanol–water partition coefficient (Wildman–Crippen LogP) is -0.477. The van der Waals surface area contributed by atoms with Gasteiger partial charge in [0.2, 0.25) is 0 Å². The van der Waals surface area contributed by atoms with Gasteiger partial charge in [-0.25, -0.2) is 4.79 Å². The molecule has 1 saturated heterocycles. The number of nitrogens with one attached hydrogen (secondary N) is 1. The molecule has 11 nitrogen and oxygen atoms in total. The van der Waals surface area contributed by atoms with Crippen molar-refractivity contribution in [1.29, 1.82) is 0 Å². The Morgan fingerprint density at radius 2 is 2.08 bits per heavy atom. The van der Waals surface area contributed by atoms with Crippen molar-refractivity contribution in [3.63, 3.8) is 0 Å². The predicted molar refractivity (Wildman–Crippen MR) is 88.0 cm³/mol. The summed E-state index contributed by atoms with van der Waals surface area (Å²) in [5.41, 5.74) is -0.861. The fourth-order valence-electron chi connectivity index (χ4n) is 2.42. The number of aliphatic hydroxyl groups excluding tert-OH is 1. The molecule has 2 heterocycles. The third-order valence-electron chi connectivity index (χ3n) is 3.95. The van der Waals surface area contributed by atoms with Crippen LogP contribution in [0.25, 0.3) is 0 Å². The van der Waals surface area contributed by atoms with Crippen molar-refractivity contribution in [2.45, 2.75) is 31.8 Å².